The number of aromatic nitrogens is 3. The lowest BCUT2D eigenvalue weighted by molar-refractivity contribution is -0.147. The number of aliphatic carboxylic acids is 3. The van der Waals surface area contributed by atoms with E-state index in [0.29, 0.717) is 34.3 Å². The van der Waals surface area contributed by atoms with E-state index >= 15 is 0 Å². The molecule has 4 rings (SSSR count). The lowest BCUT2D eigenvalue weighted by atomic mass is 9.97. The number of thiol groups is 1. The number of fused-ring (bicyclic) bond motifs is 1. The Morgan fingerprint density at radius 2 is 1.09 bits per heavy atom. The van der Waals surface area contributed by atoms with Crippen molar-refractivity contribution in [2.24, 2.45) is 35.0 Å². The molecular weight excluding hydrogens is 1580 g/mol. The first-order valence-electron chi connectivity index (χ1n) is 37.6. The van der Waals surface area contributed by atoms with Crippen LogP contribution in [0.3, 0.4) is 0 Å². The highest BCUT2D eigenvalue weighted by atomic mass is 32.2. The largest absolute Gasteiger partial charge is 0.481 e. The minimum Gasteiger partial charge on any atom is -0.481 e. The smallest absolute Gasteiger partial charge is 0.326 e. The van der Waals surface area contributed by atoms with Crippen LogP contribution in [0.25, 0.3) is 10.9 Å². The lowest BCUT2D eigenvalue weighted by Gasteiger charge is -2.29. The number of likely N-dealkylation sites (tertiary alicyclic amines) is 1. The molecule has 25 N–H and O–H groups in total. The number of rotatable bonds is 52. The number of hydrogen-bond donors (Lipinski definition) is 23. The number of amides is 16. The van der Waals surface area contributed by atoms with Crippen LogP contribution in [0.4, 0.5) is 0 Å². The van der Waals surface area contributed by atoms with Gasteiger partial charge in [0.05, 0.1) is 44.9 Å². The average Bonchev–Trinajstić information content (AvgIpc) is 1.70. The van der Waals surface area contributed by atoms with E-state index in [2.05, 4.69) is 96.7 Å². The standard InChI is InChI=1S/C72H108N20O23S2/c1-8-36(6)59(70(112)85-45(23-37-27-77-41-13-10-9-12-39(37)41)65(107)82-43(16-18-53(75)95)62(104)84-44(22-34(2)3)64(106)87-48(72(114)115)26-57(100)101)90-55(97)30-79-68(110)51-14-11-20-92(51)71(113)49(31-93)88-67(109)50(32-116)89-66(108)47(25-56(98)99)86-69(111)58(35(4)5)91-63(105)42(15-17-52(74)94)81-54(96)29-78-61(103)46(24-38-28-76-33-80-38)83-60(102)40(73)19-21-117-7/h9-10,12-13,27-28,33-36,40,42-51,58-59,77,93,116H,8,11,14-26,29-32,73H2,1-7H3,(H2,74,94)(H2,75,95)(H,76,80)(H,78,103)(H,79,110)(H,81,96)(H,82,107)(H,83,102)(H,84,104)(H,85,112)(H,86,111)(H,87,106)(H,88,109)(H,89,108)(H,90,97)(H,91,105)(H,98,99)(H,100,101)(H,114,115)/t36-,40-,42-,43-,44-,45-,46-,47-,48-,49-,50-,51-,58-,59-/m0/s1. The van der Waals surface area contributed by atoms with Crippen LogP contribution in [0, 0.1) is 17.8 Å². The van der Waals surface area contributed by atoms with Crippen LogP contribution in [0.5, 0.6) is 0 Å². The van der Waals surface area contributed by atoms with E-state index < -0.39 is 267 Å². The third-order valence-corrected chi connectivity index (χ3v) is 19.7. The SMILES string of the molecule is CC[C@H](C)[C@H](NC(=O)CNC(=O)[C@@H]1CCCN1C(=O)[C@H](CO)NC(=O)[C@H](CS)NC(=O)[C@H](CC(=O)O)NC(=O)[C@@H](NC(=O)[C@H](CCC(N)=O)NC(=O)CNC(=O)[C@H](Cc1cnc[nH]1)NC(=O)[C@@H](N)CCSC)C(C)C)C(=O)N[C@@H](Cc1c[nH]c2ccccc12)C(=O)N[C@@H](CCC(N)=O)C(=O)N[C@@H](CC(C)C)C(=O)N[C@@H](CC(=O)O)C(=O)O. The summed E-state index contributed by atoms with van der Waals surface area (Å²) < 4.78 is 0. The first kappa shape index (κ1) is 97.9. The molecular formula is C72H108N20O23S2. The Bertz CT molecular complexity index is 4020. The van der Waals surface area contributed by atoms with Gasteiger partial charge in [0.15, 0.2) is 0 Å². The van der Waals surface area contributed by atoms with Gasteiger partial charge < -0.3 is 122 Å². The predicted molar refractivity (Wildman–Crippen MR) is 421 cm³/mol. The molecule has 117 heavy (non-hydrogen) atoms. The van der Waals surface area contributed by atoms with Crippen molar-refractivity contribution in [3.8, 4) is 0 Å². The second kappa shape index (κ2) is 48.8. The number of carbonyl (C=O) groups is 19. The number of primary amides is 2. The molecule has 14 atom stereocenters. The fourth-order valence-electron chi connectivity index (χ4n) is 12.1. The van der Waals surface area contributed by atoms with Gasteiger partial charge in [-0.3, -0.25) is 86.3 Å². The molecule has 0 bridgehead atoms. The number of carboxylic acid groups (broad SMARTS) is 3. The number of nitrogens with one attached hydrogen (secondary N) is 15. The third-order valence-electron chi connectivity index (χ3n) is 18.7. The minimum absolute atomic E-state index is 0.000868. The topological polar surface area (TPSA) is 687 Å². The highest BCUT2D eigenvalue weighted by molar-refractivity contribution is 7.98. The third kappa shape index (κ3) is 32.6. The zero-order valence-corrected chi connectivity index (χ0v) is 67.5. The predicted octanol–water partition coefficient (Wildman–Crippen LogP) is -6.45. The molecule has 0 unspecified atom stereocenters. The van der Waals surface area contributed by atoms with Crippen molar-refractivity contribution in [2.45, 2.75) is 204 Å². The molecule has 2 aromatic heterocycles. The number of aromatic amines is 2. The molecule has 3 aromatic rings. The van der Waals surface area contributed by atoms with Crippen LogP contribution in [0.15, 0.2) is 43.0 Å². The van der Waals surface area contributed by atoms with Crippen molar-refractivity contribution in [1.29, 1.82) is 0 Å². The molecule has 0 radical (unpaired) electrons. The van der Waals surface area contributed by atoms with Gasteiger partial charge in [0.25, 0.3) is 0 Å². The molecule has 1 saturated heterocycles. The maximum atomic E-state index is 14.6. The summed E-state index contributed by atoms with van der Waals surface area (Å²) in [6, 6.07) is -13.5. The molecule has 0 spiro atoms. The number of imidazole rings is 1. The van der Waals surface area contributed by atoms with E-state index in [4.69, 9.17) is 17.2 Å². The van der Waals surface area contributed by atoms with Crippen LogP contribution in [-0.4, -0.2) is 275 Å². The summed E-state index contributed by atoms with van der Waals surface area (Å²) in [6.45, 7) is 6.71. The molecule has 43 nitrogen and oxygen atoms in total. The van der Waals surface area contributed by atoms with Gasteiger partial charge in [-0.2, -0.15) is 24.4 Å². The molecule has 646 valence electrons. The van der Waals surface area contributed by atoms with Crippen LogP contribution in [0.1, 0.15) is 123 Å². The first-order valence-corrected chi connectivity index (χ1v) is 39.6. The summed E-state index contributed by atoms with van der Waals surface area (Å²) in [4.78, 5) is 265. The fraction of sp³-hybridized carbons (Fsp3) is 0.583. The number of carbonyl (C=O) groups excluding carboxylic acids is 16. The van der Waals surface area contributed by atoms with Crippen molar-refractivity contribution < 1.29 is 112 Å². The lowest BCUT2D eigenvalue weighted by Crippen LogP contribution is -2.61. The van der Waals surface area contributed by atoms with E-state index in [0.717, 1.165) is 4.90 Å². The summed E-state index contributed by atoms with van der Waals surface area (Å²) in [5.41, 5.74) is 18.4. The number of aliphatic hydroxyl groups excluding tert-OH is 1. The Labute approximate surface area is 682 Å². The molecule has 1 aliphatic heterocycles. The highest BCUT2D eigenvalue weighted by Crippen LogP contribution is 2.22. The maximum Gasteiger partial charge on any atom is 0.326 e. The minimum atomic E-state index is -2.00. The number of carboxylic acids is 3. The number of H-pyrrole nitrogens is 2. The average molecular weight is 1690 g/mol. The summed E-state index contributed by atoms with van der Waals surface area (Å²) >= 11 is 5.60. The van der Waals surface area contributed by atoms with Crippen molar-refractivity contribution in [3.63, 3.8) is 0 Å². The van der Waals surface area contributed by atoms with Crippen LogP contribution in [-0.2, 0) is 104 Å². The van der Waals surface area contributed by atoms with E-state index in [1.165, 1.54) is 38.1 Å². The first-order chi connectivity index (χ1) is 55.2. The van der Waals surface area contributed by atoms with E-state index in [1.807, 2.05) is 6.26 Å². The second-order valence-electron chi connectivity index (χ2n) is 28.7. The fourth-order valence-corrected chi connectivity index (χ4v) is 12.8. The second-order valence-corrected chi connectivity index (χ2v) is 30.0. The molecule has 1 aromatic carbocycles. The monoisotopic (exact) mass is 1680 g/mol. The van der Waals surface area contributed by atoms with Gasteiger partial charge in [0.2, 0.25) is 94.5 Å². The normalized spacial score (nSPS) is 15.8. The molecule has 45 heteroatoms. The molecule has 0 aliphatic carbocycles. The van der Waals surface area contributed by atoms with Gasteiger partial charge in [-0.05, 0) is 79.9 Å². The number of para-hydroxylation sites is 1. The molecule has 3 heterocycles. The van der Waals surface area contributed by atoms with Crippen LogP contribution >= 0.6 is 24.4 Å². The molecule has 1 aliphatic rings. The van der Waals surface area contributed by atoms with Gasteiger partial charge in [-0.1, -0.05) is 66.2 Å². The number of hydrogen-bond acceptors (Lipinski definition) is 24. The quantitative estimate of drug-likeness (QED) is 0.0234. The summed E-state index contributed by atoms with van der Waals surface area (Å²) in [5, 5.41) is 71.1. The van der Waals surface area contributed by atoms with E-state index in [1.54, 1.807) is 58.2 Å². The number of nitrogens with zero attached hydrogens (tertiary/aromatic N) is 2. The van der Waals surface area contributed by atoms with E-state index in [9.17, 15) is 112 Å². The van der Waals surface area contributed by atoms with Gasteiger partial charge in [-0.25, -0.2) is 9.78 Å². The van der Waals surface area contributed by atoms with Crippen molar-refractivity contribution in [2.75, 3.05) is 44.0 Å². The van der Waals surface area contributed by atoms with Crippen molar-refractivity contribution >= 4 is 148 Å². The molecule has 16 amide bonds. The number of benzene rings is 1. The number of thioether (sulfide) groups is 1. The Morgan fingerprint density at radius 1 is 0.581 bits per heavy atom. The Hall–Kier alpha value is -11.5. The number of nitrogens with two attached hydrogens (primary N) is 3. The number of aliphatic hydroxyl groups is 1. The van der Waals surface area contributed by atoms with Gasteiger partial charge in [-0.15, -0.1) is 0 Å². The molecule has 1 fully saturated rings. The van der Waals surface area contributed by atoms with Crippen molar-refractivity contribution in [1.82, 2.24) is 89.0 Å². The Kier molecular flexibility index (Phi) is 40.8. The maximum absolute atomic E-state index is 14.6. The zero-order chi connectivity index (χ0) is 87.5. The molecule has 0 saturated carbocycles. The summed E-state index contributed by atoms with van der Waals surface area (Å²) in [6.07, 6.45) is 2.37. The Balaban J connectivity index is 1.45. The highest BCUT2D eigenvalue weighted by Gasteiger charge is 2.41. The van der Waals surface area contributed by atoms with Crippen molar-refractivity contribution in [3.05, 3.63) is 54.2 Å². The van der Waals surface area contributed by atoms with Crippen LogP contribution < -0.4 is 86.3 Å². The Morgan fingerprint density at radius 3 is 1.68 bits per heavy atom. The van der Waals surface area contributed by atoms with Gasteiger partial charge in [0, 0.05) is 67.0 Å². The van der Waals surface area contributed by atoms with Gasteiger partial charge >= 0.3 is 17.9 Å². The zero-order valence-electron chi connectivity index (χ0n) is 65.7. The summed E-state index contributed by atoms with van der Waals surface area (Å²) in [5.74, 6) is -22.6. The summed E-state index contributed by atoms with van der Waals surface area (Å²) in [7, 11) is 0. The van der Waals surface area contributed by atoms with Gasteiger partial charge in [0.1, 0.15) is 72.5 Å². The van der Waals surface area contributed by atoms with E-state index in [-0.39, 0.29) is 51.0 Å². The van der Waals surface area contributed by atoms with Crippen LogP contribution in [0.2, 0.25) is 0 Å².